The van der Waals surface area contributed by atoms with Gasteiger partial charge in [-0.25, -0.2) is 5.84 Å². The summed E-state index contributed by atoms with van der Waals surface area (Å²) in [6.07, 6.45) is 13.4. The Hall–Kier alpha value is -1.36. The van der Waals surface area contributed by atoms with E-state index in [1.807, 2.05) is 18.4 Å². The minimum atomic E-state index is 0.0766. The molecule has 0 aromatic carbocycles. The van der Waals surface area contributed by atoms with Crippen molar-refractivity contribution in [3.63, 3.8) is 0 Å². The molecule has 0 aromatic heterocycles. The predicted molar refractivity (Wildman–Crippen MR) is 75.2 cm³/mol. The Morgan fingerprint density at radius 3 is 2.72 bits per heavy atom. The predicted octanol–water partition coefficient (Wildman–Crippen LogP) is 1.16. The molecule has 2 rings (SSSR count). The van der Waals surface area contributed by atoms with Crippen LogP contribution in [0.1, 0.15) is 19.3 Å². The third-order valence-electron chi connectivity index (χ3n) is 3.67. The smallest absolute Gasteiger partial charge is 0.0568 e. The van der Waals surface area contributed by atoms with E-state index < -0.39 is 0 Å². The lowest BCUT2D eigenvalue weighted by Gasteiger charge is -2.45. The lowest BCUT2D eigenvalue weighted by Crippen LogP contribution is -2.54. The van der Waals surface area contributed by atoms with Gasteiger partial charge in [-0.05, 0) is 37.0 Å². The first-order chi connectivity index (χ1) is 8.72. The molecule has 0 bridgehead atoms. The van der Waals surface area contributed by atoms with Crippen molar-refractivity contribution in [1.29, 1.82) is 0 Å². The summed E-state index contributed by atoms with van der Waals surface area (Å²) >= 11 is 0. The van der Waals surface area contributed by atoms with E-state index in [9.17, 15) is 0 Å². The molecule has 18 heavy (non-hydrogen) atoms. The van der Waals surface area contributed by atoms with Crippen molar-refractivity contribution in [2.24, 2.45) is 11.6 Å². The van der Waals surface area contributed by atoms with Crippen LogP contribution in [0.5, 0.6) is 0 Å². The van der Waals surface area contributed by atoms with Crippen molar-refractivity contribution in [3.05, 3.63) is 48.4 Å². The maximum Gasteiger partial charge on any atom is 0.0568 e. The van der Waals surface area contributed by atoms with E-state index in [2.05, 4.69) is 18.0 Å². The van der Waals surface area contributed by atoms with Gasteiger partial charge in [-0.2, -0.15) is 0 Å². The fraction of sp³-hybridized carbons (Fsp3) is 0.429. The van der Waals surface area contributed by atoms with Gasteiger partial charge in [0.1, 0.15) is 0 Å². The zero-order valence-corrected chi connectivity index (χ0v) is 10.7. The maximum absolute atomic E-state index is 6.00. The molecular formula is C14H22N4. The fourth-order valence-corrected chi connectivity index (χ4v) is 2.48. The molecular weight excluding hydrogens is 224 g/mol. The summed E-state index contributed by atoms with van der Waals surface area (Å²) in [6, 6.07) is 0. The van der Waals surface area contributed by atoms with Gasteiger partial charge in [0.15, 0.2) is 0 Å². The van der Waals surface area contributed by atoms with Crippen molar-refractivity contribution in [3.8, 4) is 0 Å². The van der Waals surface area contributed by atoms with Crippen molar-refractivity contribution in [2.75, 3.05) is 13.1 Å². The number of rotatable bonds is 5. The summed E-state index contributed by atoms with van der Waals surface area (Å²) in [5.74, 6) is 6.00. The maximum atomic E-state index is 6.00. The number of hydrazine groups is 1. The van der Waals surface area contributed by atoms with Gasteiger partial charge in [-0.15, -0.1) is 0 Å². The normalized spacial score (nSPS) is 23.8. The van der Waals surface area contributed by atoms with Crippen molar-refractivity contribution < 1.29 is 0 Å². The Morgan fingerprint density at radius 2 is 2.22 bits per heavy atom. The van der Waals surface area contributed by atoms with Gasteiger partial charge in [-0.3, -0.25) is 5.01 Å². The fourth-order valence-electron chi connectivity index (χ4n) is 2.48. The quantitative estimate of drug-likeness (QED) is 0.637. The summed E-state index contributed by atoms with van der Waals surface area (Å²) in [5, 5.41) is 5.21. The first-order valence-electron chi connectivity index (χ1n) is 6.44. The monoisotopic (exact) mass is 246 g/mol. The van der Waals surface area contributed by atoms with Crippen LogP contribution >= 0.6 is 0 Å². The lowest BCUT2D eigenvalue weighted by atomic mass is 9.71. The largest absolute Gasteiger partial charge is 0.329 e. The molecule has 0 spiro atoms. The molecule has 0 unspecified atom stereocenters. The van der Waals surface area contributed by atoms with Crippen LogP contribution in [0.15, 0.2) is 48.4 Å². The van der Waals surface area contributed by atoms with Crippen LogP contribution in [0.25, 0.3) is 0 Å². The molecule has 0 saturated heterocycles. The third-order valence-corrected chi connectivity index (χ3v) is 3.67. The van der Waals surface area contributed by atoms with Gasteiger partial charge >= 0.3 is 0 Å². The van der Waals surface area contributed by atoms with E-state index in [0.717, 1.165) is 25.1 Å². The van der Waals surface area contributed by atoms with Crippen LogP contribution in [0.4, 0.5) is 0 Å². The molecule has 1 aliphatic heterocycles. The second kappa shape index (κ2) is 5.52. The van der Waals surface area contributed by atoms with Gasteiger partial charge in [-0.1, -0.05) is 18.7 Å². The molecule has 1 heterocycles. The Bertz CT molecular complexity index is 402. The van der Waals surface area contributed by atoms with Crippen molar-refractivity contribution in [2.45, 2.75) is 24.8 Å². The zero-order chi connectivity index (χ0) is 13.0. The number of nitrogens with two attached hydrogens (primary N) is 2. The standard InChI is InChI=1S/C14H22N4/c1-2-4-13-6-5-12(11-18(13)16)14(7-3-8-14)17-10-9-15/h2,4-6,11,17H,1,3,7-10,15-16H2/b13-4-. The molecule has 4 heteroatoms. The second-order valence-corrected chi connectivity index (χ2v) is 4.80. The van der Waals surface area contributed by atoms with Gasteiger partial charge in [0.25, 0.3) is 0 Å². The molecule has 0 aromatic rings. The number of nitrogens with zero attached hydrogens (tertiary/aromatic N) is 1. The Labute approximate surface area is 109 Å². The number of hydrogen-bond donors (Lipinski definition) is 3. The van der Waals surface area contributed by atoms with E-state index in [1.54, 1.807) is 11.1 Å². The van der Waals surface area contributed by atoms with Gasteiger partial charge in [0, 0.05) is 24.8 Å². The van der Waals surface area contributed by atoms with Crippen LogP contribution in [-0.2, 0) is 0 Å². The number of nitrogens with one attached hydrogen (secondary N) is 1. The molecule has 1 fully saturated rings. The Kier molecular flexibility index (Phi) is 4.01. The second-order valence-electron chi connectivity index (χ2n) is 4.80. The SMILES string of the molecule is C=C/C=C1/C=CC(C2(NCCN)CCC2)=CN1N. The van der Waals surface area contributed by atoms with Crippen LogP contribution < -0.4 is 16.9 Å². The van der Waals surface area contributed by atoms with E-state index >= 15 is 0 Å². The molecule has 5 N–H and O–H groups in total. The third kappa shape index (κ3) is 2.41. The highest BCUT2D eigenvalue weighted by atomic mass is 15.4. The summed E-state index contributed by atoms with van der Waals surface area (Å²) in [6.45, 7) is 5.18. The van der Waals surface area contributed by atoms with Gasteiger partial charge in [0.2, 0.25) is 0 Å². The topological polar surface area (TPSA) is 67.3 Å². The highest BCUT2D eigenvalue weighted by Crippen LogP contribution is 2.40. The van der Waals surface area contributed by atoms with Crippen LogP contribution in [0.2, 0.25) is 0 Å². The lowest BCUT2D eigenvalue weighted by molar-refractivity contribution is 0.232. The zero-order valence-electron chi connectivity index (χ0n) is 10.7. The first-order valence-corrected chi connectivity index (χ1v) is 6.44. The summed E-state index contributed by atoms with van der Waals surface area (Å²) in [5.41, 5.74) is 7.84. The molecule has 0 radical (unpaired) electrons. The van der Waals surface area contributed by atoms with Crippen LogP contribution in [0, 0.1) is 0 Å². The van der Waals surface area contributed by atoms with Crippen LogP contribution in [0.3, 0.4) is 0 Å². The summed E-state index contributed by atoms with van der Waals surface area (Å²) in [7, 11) is 0. The van der Waals surface area contributed by atoms with E-state index in [0.29, 0.717) is 6.54 Å². The van der Waals surface area contributed by atoms with E-state index in [-0.39, 0.29) is 5.54 Å². The number of allylic oxidation sites excluding steroid dienone is 3. The Morgan fingerprint density at radius 1 is 1.44 bits per heavy atom. The Balaban J connectivity index is 2.14. The molecule has 1 saturated carbocycles. The summed E-state index contributed by atoms with van der Waals surface area (Å²) in [4.78, 5) is 0. The first kappa shape index (κ1) is 13.1. The highest BCUT2D eigenvalue weighted by Gasteiger charge is 2.39. The molecule has 0 atom stereocenters. The molecule has 0 amide bonds. The van der Waals surface area contributed by atoms with E-state index in [1.165, 1.54) is 12.0 Å². The molecule has 1 aliphatic carbocycles. The minimum Gasteiger partial charge on any atom is -0.329 e. The van der Waals surface area contributed by atoms with Crippen molar-refractivity contribution in [1.82, 2.24) is 10.3 Å². The average molecular weight is 246 g/mol. The summed E-state index contributed by atoms with van der Waals surface area (Å²) < 4.78 is 0. The minimum absolute atomic E-state index is 0.0766. The molecule has 4 nitrogen and oxygen atoms in total. The average Bonchev–Trinajstić information content (AvgIpc) is 2.31. The number of hydrogen-bond acceptors (Lipinski definition) is 4. The molecule has 2 aliphatic rings. The van der Waals surface area contributed by atoms with Gasteiger partial charge < -0.3 is 11.1 Å². The van der Waals surface area contributed by atoms with E-state index in [4.69, 9.17) is 11.6 Å². The highest BCUT2D eigenvalue weighted by molar-refractivity contribution is 5.42. The molecule has 98 valence electrons. The van der Waals surface area contributed by atoms with Crippen LogP contribution in [-0.4, -0.2) is 23.6 Å². The van der Waals surface area contributed by atoms with Gasteiger partial charge in [0.05, 0.1) is 5.70 Å². The van der Waals surface area contributed by atoms with Crippen molar-refractivity contribution >= 4 is 0 Å².